The molecule has 190 valence electrons. The molecule has 2 unspecified atom stereocenters. The van der Waals surface area contributed by atoms with Gasteiger partial charge in [0, 0.05) is 43.7 Å². The van der Waals surface area contributed by atoms with Crippen molar-refractivity contribution < 1.29 is 9.22 Å². The summed E-state index contributed by atoms with van der Waals surface area (Å²) in [6.45, 7) is 14.8. The van der Waals surface area contributed by atoms with Crippen molar-refractivity contribution in [1.82, 2.24) is 29.8 Å². The molecule has 0 N–H and O–H groups in total. The molecule has 0 aliphatic rings. The number of Topliss-reactive ketones (excluding diaryl/α,β-unsaturated/α-hetero) is 1. The van der Waals surface area contributed by atoms with Gasteiger partial charge in [-0.3, -0.25) is 14.5 Å². The fourth-order valence-electron chi connectivity index (χ4n) is 4.13. The number of pyridine rings is 1. The quantitative estimate of drug-likeness (QED) is 0.227. The molecule has 2 atom stereocenters. The third-order valence-corrected chi connectivity index (χ3v) is 11.8. The Morgan fingerprint density at radius 3 is 2.56 bits per heavy atom. The van der Waals surface area contributed by atoms with Crippen LogP contribution in [0.2, 0.25) is 18.1 Å². The molecular formula is C27H36N6O2Si. The van der Waals surface area contributed by atoms with E-state index in [1.807, 2.05) is 42.3 Å². The molecule has 0 bridgehead atoms. The van der Waals surface area contributed by atoms with Crippen LogP contribution < -0.4 is 0 Å². The third-order valence-electron chi connectivity index (χ3n) is 7.32. The first-order chi connectivity index (χ1) is 16.9. The van der Waals surface area contributed by atoms with Crippen LogP contribution in [0.15, 0.2) is 48.9 Å². The number of hydrogen-bond donors (Lipinski definition) is 0. The number of rotatable bonds is 8. The topological polar surface area (TPSA) is 87.7 Å². The molecule has 0 radical (unpaired) electrons. The normalized spacial score (nSPS) is 14.2. The molecule has 0 aliphatic heterocycles. The van der Waals surface area contributed by atoms with E-state index in [1.54, 1.807) is 10.9 Å². The van der Waals surface area contributed by atoms with Gasteiger partial charge in [-0.1, -0.05) is 38.1 Å². The van der Waals surface area contributed by atoms with Crippen LogP contribution in [-0.2, 0) is 17.9 Å². The molecule has 9 heteroatoms. The predicted octanol–water partition coefficient (Wildman–Crippen LogP) is 5.68. The zero-order valence-electron chi connectivity index (χ0n) is 22.5. The SMILES string of the molecule is CC(=O)c1nnn(C(C)c2ccc3ncccc3c2)c1CC(O[Si](C)(C)C(C)(C)C)c1cnn(C)c1. The molecule has 3 aromatic heterocycles. The number of benzene rings is 1. The minimum absolute atomic E-state index is 0.0295. The summed E-state index contributed by atoms with van der Waals surface area (Å²) < 4.78 is 10.6. The molecule has 1 aromatic carbocycles. The zero-order valence-corrected chi connectivity index (χ0v) is 23.5. The molecule has 8 nitrogen and oxygen atoms in total. The third kappa shape index (κ3) is 5.17. The summed E-state index contributed by atoms with van der Waals surface area (Å²) in [6, 6.07) is 10.0. The molecule has 0 spiro atoms. The van der Waals surface area contributed by atoms with Crippen LogP contribution in [0.3, 0.4) is 0 Å². The summed E-state index contributed by atoms with van der Waals surface area (Å²) >= 11 is 0. The monoisotopic (exact) mass is 504 g/mol. The average Bonchev–Trinajstić information content (AvgIpc) is 3.43. The van der Waals surface area contributed by atoms with E-state index in [-0.39, 0.29) is 23.0 Å². The molecular weight excluding hydrogens is 468 g/mol. The largest absolute Gasteiger partial charge is 0.409 e. The predicted molar refractivity (Wildman–Crippen MR) is 144 cm³/mol. The van der Waals surface area contributed by atoms with E-state index in [0.29, 0.717) is 12.1 Å². The van der Waals surface area contributed by atoms with Gasteiger partial charge in [-0.15, -0.1) is 5.10 Å². The minimum Gasteiger partial charge on any atom is -0.409 e. The highest BCUT2D eigenvalue weighted by Crippen LogP contribution is 2.41. The molecule has 4 aromatic rings. The summed E-state index contributed by atoms with van der Waals surface area (Å²) in [6.07, 6.45) is 5.82. The number of ketones is 1. The Morgan fingerprint density at radius 2 is 1.92 bits per heavy atom. The Morgan fingerprint density at radius 1 is 1.17 bits per heavy atom. The van der Waals surface area contributed by atoms with Gasteiger partial charge in [0.05, 0.1) is 29.6 Å². The maximum Gasteiger partial charge on any atom is 0.192 e. The average molecular weight is 505 g/mol. The van der Waals surface area contributed by atoms with Crippen molar-refractivity contribution in [2.24, 2.45) is 7.05 Å². The Labute approximate surface area is 213 Å². The molecule has 0 aliphatic carbocycles. The first-order valence-corrected chi connectivity index (χ1v) is 15.2. The van der Waals surface area contributed by atoms with Gasteiger partial charge >= 0.3 is 0 Å². The van der Waals surface area contributed by atoms with Crippen LogP contribution >= 0.6 is 0 Å². The number of aryl methyl sites for hydroxylation is 1. The summed E-state index contributed by atoms with van der Waals surface area (Å²) in [4.78, 5) is 17.0. The second-order valence-corrected chi connectivity index (χ2v) is 15.8. The summed E-state index contributed by atoms with van der Waals surface area (Å²) in [5.74, 6) is -0.108. The van der Waals surface area contributed by atoms with Gasteiger partial charge in [0.2, 0.25) is 0 Å². The maximum absolute atomic E-state index is 12.6. The van der Waals surface area contributed by atoms with Crippen molar-refractivity contribution in [2.45, 2.75) is 71.3 Å². The number of fused-ring (bicyclic) bond motifs is 1. The van der Waals surface area contributed by atoms with E-state index >= 15 is 0 Å². The summed E-state index contributed by atoms with van der Waals surface area (Å²) in [5, 5.41) is 14.2. The molecule has 36 heavy (non-hydrogen) atoms. The van der Waals surface area contributed by atoms with Gasteiger partial charge in [0.15, 0.2) is 19.8 Å². The van der Waals surface area contributed by atoms with Crippen molar-refractivity contribution in [2.75, 3.05) is 0 Å². The van der Waals surface area contributed by atoms with Crippen molar-refractivity contribution >= 4 is 25.0 Å². The van der Waals surface area contributed by atoms with E-state index in [9.17, 15) is 4.79 Å². The highest BCUT2D eigenvalue weighted by Gasteiger charge is 2.40. The number of nitrogens with zero attached hydrogens (tertiary/aromatic N) is 6. The highest BCUT2D eigenvalue weighted by molar-refractivity contribution is 6.74. The molecule has 0 saturated heterocycles. The van der Waals surface area contributed by atoms with E-state index in [4.69, 9.17) is 4.43 Å². The summed E-state index contributed by atoms with van der Waals surface area (Å²) in [5.41, 5.74) is 4.15. The molecule has 0 fully saturated rings. The second-order valence-electron chi connectivity index (χ2n) is 11.0. The van der Waals surface area contributed by atoms with Gasteiger partial charge in [0.1, 0.15) is 0 Å². The zero-order chi connectivity index (χ0) is 26.3. The Balaban J connectivity index is 1.76. The number of carbonyl (C=O) groups is 1. The fourth-order valence-corrected chi connectivity index (χ4v) is 5.41. The van der Waals surface area contributed by atoms with Crippen LogP contribution in [0.1, 0.15) is 74.1 Å². The molecule has 3 heterocycles. The number of carbonyl (C=O) groups excluding carboxylic acids is 1. The fraction of sp³-hybridized carbons (Fsp3) is 0.444. The first-order valence-electron chi connectivity index (χ1n) is 12.3. The highest BCUT2D eigenvalue weighted by atomic mass is 28.4. The van der Waals surface area contributed by atoms with Gasteiger partial charge in [-0.05, 0) is 48.8 Å². The van der Waals surface area contributed by atoms with Gasteiger partial charge in [-0.25, -0.2) is 4.68 Å². The van der Waals surface area contributed by atoms with E-state index < -0.39 is 8.32 Å². The van der Waals surface area contributed by atoms with Crippen molar-refractivity contribution in [3.8, 4) is 0 Å². The van der Waals surface area contributed by atoms with Crippen LogP contribution in [-0.4, -0.2) is 43.9 Å². The van der Waals surface area contributed by atoms with Crippen LogP contribution in [0.5, 0.6) is 0 Å². The van der Waals surface area contributed by atoms with Crippen molar-refractivity contribution in [1.29, 1.82) is 0 Å². The van der Waals surface area contributed by atoms with Crippen LogP contribution in [0.25, 0.3) is 10.9 Å². The van der Waals surface area contributed by atoms with Crippen LogP contribution in [0.4, 0.5) is 0 Å². The first kappa shape index (κ1) is 25.9. The van der Waals surface area contributed by atoms with Crippen molar-refractivity contribution in [3.63, 3.8) is 0 Å². The smallest absolute Gasteiger partial charge is 0.192 e. The van der Waals surface area contributed by atoms with Crippen molar-refractivity contribution in [3.05, 3.63) is 71.4 Å². The standard InChI is InChI=1S/C27H36N6O2Si/c1-18(20-11-12-23-21(14-20)10-9-13-28-23)33-24(26(19(2)34)30-31-33)15-25(22-16-29-32(6)17-22)35-36(7,8)27(3,4)5/h9-14,16-18,25H,15H2,1-8H3. The number of hydrogen-bond acceptors (Lipinski definition) is 6. The van der Waals surface area contributed by atoms with E-state index in [0.717, 1.165) is 27.7 Å². The maximum atomic E-state index is 12.6. The lowest BCUT2D eigenvalue weighted by molar-refractivity contribution is 0.101. The summed E-state index contributed by atoms with van der Waals surface area (Å²) in [7, 11) is -0.238. The van der Waals surface area contributed by atoms with E-state index in [1.165, 1.54) is 6.92 Å². The lowest BCUT2D eigenvalue weighted by Gasteiger charge is -2.39. The lowest BCUT2D eigenvalue weighted by Crippen LogP contribution is -2.42. The molecule has 0 saturated carbocycles. The lowest BCUT2D eigenvalue weighted by atomic mass is 10.0. The Kier molecular flexibility index (Phi) is 6.98. The number of aromatic nitrogens is 6. The Hall–Kier alpha value is -3.17. The minimum atomic E-state index is -2.14. The Bertz CT molecular complexity index is 1380. The second kappa shape index (κ2) is 9.70. The van der Waals surface area contributed by atoms with Gasteiger partial charge in [-0.2, -0.15) is 5.10 Å². The van der Waals surface area contributed by atoms with E-state index in [2.05, 4.69) is 73.3 Å². The molecule has 4 rings (SSSR count). The van der Waals surface area contributed by atoms with Gasteiger partial charge in [0.25, 0.3) is 0 Å². The van der Waals surface area contributed by atoms with Gasteiger partial charge < -0.3 is 4.43 Å². The van der Waals surface area contributed by atoms with Crippen LogP contribution in [0, 0.1) is 0 Å². The molecule has 0 amide bonds.